The minimum Gasteiger partial charge on any atom is -0.396 e. The summed E-state index contributed by atoms with van der Waals surface area (Å²) in [6.07, 6.45) is 11.7. The number of nitrogens with zero attached hydrogens (tertiary/aromatic N) is 1. The Hall–Kier alpha value is -0.570. The molecule has 2 rings (SSSR count). The number of aryl methyl sites for hydroxylation is 1. The van der Waals surface area contributed by atoms with Crippen LogP contribution in [0.2, 0.25) is 0 Å². The number of piperidine rings is 1. The van der Waals surface area contributed by atoms with Crippen molar-refractivity contribution in [1.29, 1.82) is 0 Å². The Kier molecular flexibility index (Phi) is 14.0. The van der Waals surface area contributed by atoms with Gasteiger partial charge in [-0.05, 0) is 55.3 Å². The average molecular weight is 470 g/mol. The summed E-state index contributed by atoms with van der Waals surface area (Å²) in [4.78, 5) is 0. The standard InChI is InChI=1S/C16H29INO.C7H8/c17-11-10-15-18(13-7-5-8-14-18)12-6-3-1-2-4-9-16-19;1-7-5-3-2-4-6-7/h19H,1-9,12-16H2;2-6H,1H3/q+1;. The molecule has 0 bridgehead atoms. The van der Waals surface area contributed by atoms with E-state index in [2.05, 4.69) is 51.5 Å². The second-order valence-corrected chi connectivity index (χ2v) is 8.04. The Morgan fingerprint density at radius 1 is 0.923 bits per heavy atom. The normalized spacial score (nSPS) is 15.3. The molecule has 0 unspecified atom stereocenters. The molecule has 1 fully saturated rings. The van der Waals surface area contributed by atoms with Gasteiger partial charge in [-0.3, -0.25) is 0 Å². The van der Waals surface area contributed by atoms with E-state index in [1.807, 2.05) is 18.2 Å². The average Bonchev–Trinajstić information content (AvgIpc) is 2.68. The molecule has 0 aromatic heterocycles. The number of aliphatic hydroxyl groups excluding tert-OH is 1. The van der Waals surface area contributed by atoms with Gasteiger partial charge in [-0.15, -0.1) is 0 Å². The zero-order valence-electron chi connectivity index (χ0n) is 16.6. The molecule has 1 aromatic rings. The summed E-state index contributed by atoms with van der Waals surface area (Å²) in [6, 6.07) is 10.3. The van der Waals surface area contributed by atoms with Crippen molar-refractivity contribution in [3.8, 4) is 9.85 Å². The number of hydrogen-bond donors (Lipinski definition) is 1. The van der Waals surface area contributed by atoms with Gasteiger partial charge in [-0.2, -0.15) is 0 Å². The van der Waals surface area contributed by atoms with Crippen LogP contribution in [0, 0.1) is 16.8 Å². The molecule has 26 heavy (non-hydrogen) atoms. The summed E-state index contributed by atoms with van der Waals surface area (Å²) in [5.74, 6) is 3.31. The summed E-state index contributed by atoms with van der Waals surface area (Å²) >= 11 is 2.16. The van der Waals surface area contributed by atoms with Gasteiger partial charge < -0.3 is 9.59 Å². The van der Waals surface area contributed by atoms with E-state index in [4.69, 9.17) is 5.11 Å². The summed E-state index contributed by atoms with van der Waals surface area (Å²) in [5.41, 5.74) is 1.32. The first-order chi connectivity index (χ1) is 12.7. The number of quaternary nitrogens is 1. The van der Waals surface area contributed by atoms with Gasteiger partial charge in [0.2, 0.25) is 0 Å². The van der Waals surface area contributed by atoms with E-state index in [-0.39, 0.29) is 0 Å². The van der Waals surface area contributed by atoms with Crippen LogP contribution >= 0.6 is 22.6 Å². The van der Waals surface area contributed by atoms with Crippen LogP contribution in [0.4, 0.5) is 0 Å². The van der Waals surface area contributed by atoms with E-state index in [0.717, 1.165) is 13.0 Å². The van der Waals surface area contributed by atoms with Crippen molar-refractivity contribution in [2.24, 2.45) is 0 Å². The third-order valence-electron chi connectivity index (χ3n) is 5.23. The third kappa shape index (κ3) is 11.2. The molecule has 3 heteroatoms. The van der Waals surface area contributed by atoms with Gasteiger partial charge in [0.15, 0.2) is 0 Å². The maximum absolute atomic E-state index is 8.74. The number of aliphatic hydroxyl groups is 1. The molecule has 0 atom stereocenters. The topological polar surface area (TPSA) is 20.2 Å². The fourth-order valence-corrected chi connectivity index (χ4v) is 3.81. The Balaban J connectivity index is 0.000000401. The predicted octanol–water partition coefficient (Wildman–Crippen LogP) is 5.71. The Bertz CT molecular complexity index is 500. The third-order valence-corrected chi connectivity index (χ3v) is 5.61. The highest BCUT2D eigenvalue weighted by molar-refractivity contribution is 14.1. The molecule has 1 aliphatic heterocycles. The molecule has 1 aromatic carbocycles. The van der Waals surface area contributed by atoms with Crippen LogP contribution in [0.25, 0.3) is 0 Å². The molecule has 1 aliphatic rings. The van der Waals surface area contributed by atoms with Crippen molar-refractivity contribution in [2.75, 3.05) is 32.8 Å². The van der Waals surface area contributed by atoms with Crippen LogP contribution in [-0.4, -0.2) is 42.4 Å². The molecule has 2 nitrogen and oxygen atoms in total. The van der Waals surface area contributed by atoms with E-state index in [9.17, 15) is 0 Å². The molecular formula is C23H37INO+. The smallest absolute Gasteiger partial charge is 0.141 e. The van der Waals surface area contributed by atoms with Crippen LogP contribution < -0.4 is 0 Å². The lowest BCUT2D eigenvalue weighted by molar-refractivity contribution is -0.926. The van der Waals surface area contributed by atoms with Gasteiger partial charge in [-0.1, -0.05) is 55.2 Å². The monoisotopic (exact) mass is 470 g/mol. The second kappa shape index (κ2) is 15.5. The quantitative estimate of drug-likeness (QED) is 0.212. The van der Waals surface area contributed by atoms with Gasteiger partial charge in [0.1, 0.15) is 6.54 Å². The maximum atomic E-state index is 8.74. The highest BCUT2D eigenvalue weighted by atomic mass is 127. The van der Waals surface area contributed by atoms with Gasteiger partial charge in [-0.25, -0.2) is 0 Å². The number of halogens is 1. The number of benzene rings is 1. The Morgan fingerprint density at radius 2 is 1.54 bits per heavy atom. The van der Waals surface area contributed by atoms with Crippen molar-refractivity contribution in [3.05, 3.63) is 35.9 Å². The van der Waals surface area contributed by atoms with Crippen molar-refractivity contribution in [2.45, 2.75) is 64.7 Å². The van der Waals surface area contributed by atoms with Crippen LogP contribution in [-0.2, 0) is 0 Å². The lowest BCUT2D eigenvalue weighted by Crippen LogP contribution is -2.52. The van der Waals surface area contributed by atoms with Gasteiger partial charge >= 0.3 is 0 Å². The first kappa shape index (κ1) is 23.5. The number of unbranched alkanes of at least 4 members (excludes halogenated alkanes) is 5. The maximum Gasteiger partial charge on any atom is 0.141 e. The van der Waals surface area contributed by atoms with E-state index in [1.54, 1.807) is 0 Å². The first-order valence-electron chi connectivity index (χ1n) is 10.3. The summed E-state index contributed by atoms with van der Waals surface area (Å²) < 4.78 is 4.30. The molecule has 0 amide bonds. The highest BCUT2D eigenvalue weighted by Crippen LogP contribution is 2.20. The molecule has 1 saturated heterocycles. The summed E-state index contributed by atoms with van der Waals surface area (Å²) in [7, 11) is 0. The van der Waals surface area contributed by atoms with Crippen LogP contribution in [0.1, 0.15) is 63.4 Å². The lowest BCUT2D eigenvalue weighted by atomic mass is 10.1. The fraction of sp³-hybridized carbons (Fsp3) is 0.652. The number of hydrogen-bond acceptors (Lipinski definition) is 1. The minimum absolute atomic E-state index is 0.356. The molecular weight excluding hydrogens is 433 g/mol. The molecule has 146 valence electrons. The van der Waals surface area contributed by atoms with E-state index in [1.165, 1.54) is 81.0 Å². The summed E-state index contributed by atoms with van der Waals surface area (Å²) in [5, 5.41) is 8.74. The zero-order chi connectivity index (χ0) is 18.9. The van der Waals surface area contributed by atoms with Crippen LogP contribution in [0.5, 0.6) is 0 Å². The Morgan fingerprint density at radius 3 is 2.08 bits per heavy atom. The van der Waals surface area contributed by atoms with Crippen LogP contribution in [0.15, 0.2) is 30.3 Å². The van der Waals surface area contributed by atoms with E-state index >= 15 is 0 Å². The van der Waals surface area contributed by atoms with E-state index < -0.39 is 0 Å². The molecule has 0 saturated carbocycles. The second-order valence-electron chi connectivity index (χ2n) is 7.50. The minimum atomic E-state index is 0.356. The molecule has 1 heterocycles. The molecule has 0 aliphatic carbocycles. The molecule has 0 radical (unpaired) electrons. The van der Waals surface area contributed by atoms with Crippen molar-refractivity contribution < 1.29 is 9.59 Å². The number of rotatable bonds is 9. The van der Waals surface area contributed by atoms with Crippen molar-refractivity contribution >= 4 is 22.6 Å². The summed E-state index contributed by atoms with van der Waals surface area (Å²) in [6.45, 7) is 7.51. The van der Waals surface area contributed by atoms with Crippen molar-refractivity contribution in [3.63, 3.8) is 0 Å². The lowest BCUT2D eigenvalue weighted by Gasteiger charge is -2.40. The highest BCUT2D eigenvalue weighted by Gasteiger charge is 2.28. The Labute approximate surface area is 175 Å². The zero-order valence-corrected chi connectivity index (χ0v) is 18.7. The van der Waals surface area contributed by atoms with Crippen molar-refractivity contribution in [1.82, 2.24) is 0 Å². The van der Waals surface area contributed by atoms with E-state index in [0.29, 0.717) is 6.61 Å². The SMILES string of the molecule is Cc1ccccc1.OCCCCCCCC[N+]1(CC#CI)CCCCC1. The fourth-order valence-electron chi connectivity index (χ4n) is 3.64. The van der Waals surface area contributed by atoms with Gasteiger partial charge in [0, 0.05) is 29.2 Å². The van der Waals surface area contributed by atoms with Gasteiger partial charge in [0.05, 0.1) is 19.6 Å². The first-order valence-corrected chi connectivity index (χ1v) is 11.4. The van der Waals surface area contributed by atoms with Gasteiger partial charge in [0.25, 0.3) is 0 Å². The number of likely N-dealkylation sites (tertiary alicyclic amines) is 1. The molecule has 1 N–H and O–H groups in total. The molecule has 0 spiro atoms. The largest absolute Gasteiger partial charge is 0.396 e. The van der Waals surface area contributed by atoms with Crippen LogP contribution in [0.3, 0.4) is 0 Å². The predicted molar refractivity (Wildman–Crippen MR) is 121 cm³/mol.